The zero-order valence-electron chi connectivity index (χ0n) is 11.0. The Kier molecular flexibility index (Phi) is 3.24. The van der Waals surface area contributed by atoms with Crippen LogP contribution in [0.5, 0.6) is 0 Å². The summed E-state index contributed by atoms with van der Waals surface area (Å²) in [4.78, 5) is 0. The molecule has 4 heteroatoms. The SMILES string of the molecule is Cn1c(CN)c(-c2ccccc2F)c2cc(Cl)ccc21. The summed E-state index contributed by atoms with van der Waals surface area (Å²) in [5.74, 6) is -0.255. The Labute approximate surface area is 121 Å². The summed E-state index contributed by atoms with van der Waals surface area (Å²) in [5.41, 5.74) is 9.13. The van der Waals surface area contributed by atoms with E-state index in [0.717, 1.165) is 22.2 Å². The van der Waals surface area contributed by atoms with Crippen molar-refractivity contribution in [1.29, 1.82) is 0 Å². The van der Waals surface area contributed by atoms with E-state index in [0.29, 0.717) is 17.1 Å². The normalized spacial score (nSPS) is 11.2. The minimum Gasteiger partial charge on any atom is -0.346 e. The maximum atomic E-state index is 14.1. The van der Waals surface area contributed by atoms with Crippen LogP contribution in [0.1, 0.15) is 5.69 Å². The average Bonchev–Trinajstić information content (AvgIpc) is 2.71. The van der Waals surface area contributed by atoms with Crippen molar-refractivity contribution in [3.63, 3.8) is 0 Å². The van der Waals surface area contributed by atoms with Gasteiger partial charge in [-0.15, -0.1) is 0 Å². The molecule has 0 bridgehead atoms. The number of aromatic nitrogens is 1. The van der Waals surface area contributed by atoms with E-state index in [1.54, 1.807) is 12.1 Å². The molecule has 0 aliphatic heterocycles. The van der Waals surface area contributed by atoms with Crippen molar-refractivity contribution in [3.8, 4) is 11.1 Å². The fraction of sp³-hybridized carbons (Fsp3) is 0.125. The third-order valence-electron chi connectivity index (χ3n) is 3.62. The van der Waals surface area contributed by atoms with E-state index in [-0.39, 0.29) is 5.82 Å². The molecule has 1 heterocycles. The highest BCUT2D eigenvalue weighted by atomic mass is 35.5. The maximum absolute atomic E-state index is 14.1. The van der Waals surface area contributed by atoms with Gasteiger partial charge >= 0.3 is 0 Å². The van der Waals surface area contributed by atoms with Gasteiger partial charge in [-0.25, -0.2) is 4.39 Å². The molecule has 0 aliphatic rings. The first kappa shape index (κ1) is 13.2. The number of hydrogen-bond donors (Lipinski definition) is 1. The number of benzene rings is 2. The molecule has 2 aromatic carbocycles. The minimum absolute atomic E-state index is 0.255. The number of rotatable bonds is 2. The molecule has 2 N–H and O–H groups in total. The smallest absolute Gasteiger partial charge is 0.131 e. The van der Waals surface area contributed by atoms with E-state index in [1.165, 1.54) is 6.07 Å². The molecule has 0 saturated heterocycles. The largest absolute Gasteiger partial charge is 0.346 e. The van der Waals surface area contributed by atoms with Gasteiger partial charge in [0.25, 0.3) is 0 Å². The summed E-state index contributed by atoms with van der Waals surface area (Å²) in [6, 6.07) is 12.3. The van der Waals surface area contributed by atoms with Gasteiger partial charge < -0.3 is 10.3 Å². The van der Waals surface area contributed by atoms with Crippen molar-refractivity contribution in [1.82, 2.24) is 4.57 Å². The zero-order chi connectivity index (χ0) is 14.3. The van der Waals surface area contributed by atoms with Gasteiger partial charge in [0, 0.05) is 46.3 Å². The topological polar surface area (TPSA) is 30.9 Å². The zero-order valence-corrected chi connectivity index (χ0v) is 11.8. The van der Waals surface area contributed by atoms with Crippen molar-refractivity contribution >= 4 is 22.5 Å². The number of fused-ring (bicyclic) bond motifs is 1. The molecule has 0 saturated carbocycles. The Hall–Kier alpha value is -1.84. The molecule has 0 atom stereocenters. The van der Waals surface area contributed by atoms with Crippen LogP contribution >= 0.6 is 11.6 Å². The summed E-state index contributed by atoms with van der Waals surface area (Å²) in [5, 5.41) is 1.55. The highest BCUT2D eigenvalue weighted by Gasteiger charge is 2.18. The Morgan fingerprint density at radius 3 is 2.65 bits per heavy atom. The first-order chi connectivity index (χ1) is 9.63. The predicted molar refractivity (Wildman–Crippen MR) is 81.2 cm³/mol. The third kappa shape index (κ3) is 1.90. The number of nitrogens with two attached hydrogens (primary N) is 1. The van der Waals surface area contributed by atoms with Crippen LogP contribution in [0.2, 0.25) is 5.02 Å². The van der Waals surface area contributed by atoms with E-state index >= 15 is 0 Å². The van der Waals surface area contributed by atoms with E-state index in [4.69, 9.17) is 17.3 Å². The molecule has 0 unspecified atom stereocenters. The van der Waals surface area contributed by atoms with Crippen molar-refractivity contribution < 1.29 is 4.39 Å². The van der Waals surface area contributed by atoms with Crippen LogP contribution in [0.15, 0.2) is 42.5 Å². The first-order valence-corrected chi connectivity index (χ1v) is 6.73. The maximum Gasteiger partial charge on any atom is 0.131 e. The van der Waals surface area contributed by atoms with Gasteiger partial charge in [0.15, 0.2) is 0 Å². The fourth-order valence-electron chi connectivity index (χ4n) is 2.67. The van der Waals surface area contributed by atoms with Gasteiger partial charge in [0.2, 0.25) is 0 Å². The molecule has 0 radical (unpaired) electrons. The highest BCUT2D eigenvalue weighted by molar-refractivity contribution is 6.31. The Morgan fingerprint density at radius 1 is 1.20 bits per heavy atom. The molecule has 0 amide bonds. The first-order valence-electron chi connectivity index (χ1n) is 6.35. The second-order valence-electron chi connectivity index (χ2n) is 4.73. The van der Waals surface area contributed by atoms with Crippen LogP contribution in [0.3, 0.4) is 0 Å². The van der Waals surface area contributed by atoms with Crippen LogP contribution in [0.25, 0.3) is 22.0 Å². The lowest BCUT2D eigenvalue weighted by Gasteiger charge is -2.06. The van der Waals surface area contributed by atoms with E-state index in [2.05, 4.69) is 0 Å². The molecule has 1 aromatic heterocycles. The van der Waals surface area contributed by atoms with E-state index in [9.17, 15) is 4.39 Å². The summed E-state index contributed by atoms with van der Waals surface area (Å²) in [6.07, 6.45) is 0. The summed E-state index contributed by atoms with van der Waals surface area (Å²) >= 11 is 6.09. The van der Waals surface area contributed by atoms with Crippen molar-refractivity contribution in [2.24, 2.45) is 12.8 Å². The van der Waals surface area contributed by atoms with Crippen LogP contribution in [-0.4, -0.2) is 4.57 Å². The number of hydrogen-bond acceptors (Lipinski definition) is 1. The highest BCUT2D eigenvalue weighted by Crippen LogP contribution is 2.36. The van der Waals surface area contributed by atoms with Crippen LogP contribution in [-0.2, 0) is 13.6 Å². The monoisotopic (exact) mass is 288 g/mol. The van der Waals surface area contributed by atoms with Gasteiger partial charge in [-0.05, 0) is 24.3 Å². The van der Waals surface area contributed by atoms with Gasteiger partial charge in [0.05, 0.1) is 0 Å². The standard InChI is InChI=1S/C16H14ClFN2/c1-20-14-7-6-10(17)8-12(14)16(15(20)9-19)11-4-2-3-5-13(11)18/h2-8H,9,19H2,1H3. The van der Waals surface area contributed by atoms with E-state index < -0.39 is 0 Å². The van der Waals surface area contributed by atoms with Gasteiger partial charge in [-0.1, -0.05) is 29.8 Å². The molecular formula is C16H14ClFN2. The quantitative estimate of drug-likeness (QED) is 0.756. The Balaban J connectivity index is 2.45. The lowest BCUT2D eigenvalue weighted by molar-refractivity contribution is 0.631. The van der Waals surface area contributed by atoms with Crippen molar-refractivity contribution in [2.75, 3.05) is 0 Å². The second kappa shape index (κ2) is 4.93. The molecule has 0 spiro atoms. The average molecular weight is 289 g/mol. The minimum atomic E-state index is -0.255. The molecule has 2 nitrogen and oxygen atoms in total. The van der Waals surface area contributed by atoms with Crippen LogP contribution in [0, 0.1) is 5.82 Å². The molecular weight excluding hydrogens is 275 g/mol. The summed E-state index contributed by atoms with van der Waals surface area (Å²) < 4.78 is 16.1. The van der Waals surface area contributed by atoms with E-state index in [1.807, 2.05) is 35.9 Å². The third-order valence-corrected chi connectivity index (χ3v) is 3.85. The van der Waals surface area contributed by atoms with Gasteiger partial charge in [-0.3, -0.25) is 0 Å². The summed E-state index contributed by atoms with van der Waals surface area (Å²) in [7, 11) is 1.93. The number of nitrogens with zero attached hydrogens (tertiary/aromatic N) is 1. The number of aryl methyl sites for hydroxylation is 1. The molecule has 0 aliphatic carbocycles. The van der Waals surface area contributed by atoms with Gasteiger partial charge in [-0.2, -0.15) is 0 Å². The number of halogens is 2. The Morgan fingerprint density at radius 2 is 1.95 bits per heavy atom. The lowest BCUT2D eigenvalue weighted by Crippen LogP contribution is -2.04. The van der Waals surface area contributed by atoms with Crippen LogP contribution in [0.4, 0.5) is 4.39 Å². The molecule has 20 heavy (non-hydrogen) atoms. The molecule has 3 aromatic rings. The van der Waals surface area contributed by atoms with Gasteiger partial charge in [0.1, 0.15) is 5.82 Å². The second-order valence-corrected chi connectivity index (χ2v) is 5.16. The van der Waals surface area contributed by atoms with Crippen molar-refractivity contribution in [2.45, 2.75) is 6.54 Å². The molecule has 102 valence electrons. The van der Waals surface area contributed by atoms with Crippen molar-refractivity contribution in [3.05, 3.63) is 59.0 Å². The Bertz CT molecular complexity index is 793. The predicted octanol–water partition coefficient (Wildman–Crippen LogP) is 4.10. The van der Waals surface area contributed by atoms with Crippen LogP contribution < -0.4 is 5.73 Å². The molecule has 0 fully saturated rings. The summed E-state index contributed by atoms with van der Waals surface area (Å²) in [6.45, 7) is 0.340. The lowest BCUT2D eigenvalue weighted by atomic mass is 10.0. The fourth-order valence-corrected chi connectivity index (χ4v) is 2.85. The molecule has 3 rings (SSSR count).